The highest BCUT2D eigenvalue weighted by Gasteiger charge is 2.15. The zero-order valence-corrected chi connectivity index (χ0v) is 14.0. The molecule has 0 spiro atoms. The van der Waals surface area contributed by atoms with Crippen molar-refractivity contribution in [3.05, 3.63) is 53.3 Å². The van der Waals surface area contributed by atoms with Crippen LogP contribution >= 0.6 is 0 Å². The largest absolute Gasteiger partial charge is 0.391 e. The minimum Gasteiger partial charge on any atom is -0.391 e. The maximum atomic E-state index is 12.2. The van der Waals surface area contributed by atoms with Crippen molar-refractivity contribution in [2.45, 2.75) is 39.8 Å². The van der Waals surface area contributed by atoms with Gasteiger partial charge in [0.05, 0.1) is 24.4 Å². The summed E-state index contributed by atoms with van der Waals surface area (Å²) >= 11 is 0. The molecule has 124 valence electrons. The summed E-state index contributed by atoms with van der Waals surface area (Å²) in [6.07, 6.45) is 1.74. The molecule has 0 aliphatic rings. The fraction of sp³-hybridized carbons (Fsp3) is 0.444. The average Bonchev–Trinajstić information content (AvgIpc) is 2.86. The molecule has 2 aromatic rings. The van der Waals surface area contributed by atoms with Crippen LogP contribution in [-0.2, 0) is 6.54 Å². The van der Waals surface area contributed by atoms with Crippen LogP contribution in [0.2, 0.25) is 0 Å². The summed E-state index contributed by atoms with van der Waals surface area (Å²) < 4.78 is 1.81. The van der Waals surface area contributed by atoms with Crippen molar-refractivity contribution in [1.29, 1.82) is 0 Å². The molecule has 1 aromatic heterocycles. The SMILES string of the molecule is Cc1c(C(=O)NCC(O)CC(C)C)cnn1Cc1ccccc1. The van der Waals surface area contributed by atoms with E-state index in [0.717, 1.165) is 11.3 Å². The van der Waals surface area contributed by atoms with Crippen molar-refractivity contribution in [1.82, 2.24) is 15.1 Å². The Bertz CT molecular complexity index is 635. The van der Waals surface area contributed by atoms with Gasteiger partial charge in [-0.2, -0.15) is 5.10 Å². The molecule has 2 rings (SSSR count). The number of amides is 1. The second-order valence-corrected chi connectivity index (χ2v) is 6.28. The number of hydrogen-bond acceptors (Lipinski definition) is 3. The molecule has 0 bridgehead atoms. The number of rotatable bonds is 7. The first-order valence-electron chi connectivity index (χ1n) is 8.00. The van der Waals surface area contributed by atoms with Gasteiger partial charge in [-0.3, -0.25) is 9.48 Å². The number of aromatic nitrogens is 2. The molecule has 1 atom stereocenters. The molecule has 0 aliphatic carbocycles. The molecule has 1 aromatic carbocycles. The van der Waals surface area contributed by atoms with Gasteiger partial charge in [0.2, 0.25) is 0 Å². The summed E-state index contributed by atoms with van der Waals surface area (Å²) in [4.78, 5) is 12.2. The van der Waals surface area contributed by atoms with E-state index in [1.54, 1.807) is 6.20 Å². The minimum atomic E-state index is -0.515. The zero-order chi connectivity index (χ0) is 16.8. The third-order valence-corrected chi connectivity index (χ3v) is 3.76. The van der Waals surface area contributed by atoms with Crippen LogP contribution in [0.5, 0.6) is 0 Å². The van der Waals surface area contributed by atoms with E-state index in [0.29, 0.717) is 24.4 Å². The Hall–Kier alpha value is -2.14. The monoisotopic (exact) mass is 315 g/mol. The van der Waals surface area contributed by atoms with Crippen LogP contribution in [0.25, 0.3) is 0 Å². The van der Waals surface area contributed by atoms with Gasteiger partial charge in [-0.1, -0.05) is 44.2 Å². The molecule has 0 fully saturated rings. The fourth-order valence-corrected chi connectivity index (χ4v) is 2.52. The van der Waals surface area contributed by atoms with E-state index in [1.807, 2.05) is 55.8 Å². The average molecular weight is 315 g/mol. The number of nitrogens with one attached hydrogen (secondary N) is 1. The highest BCUT2D eigenvalue weighted by molar-refractivity contribution is 5.95. The molecule has 0 saturated heterocycles. The molecular weight excluding hydrogens is 290 g/mol. The third-order valence-electron chi connectivity index (χ3n) is 3.76. The third kappa shape index (κ3) is 4.93. The molecule has 5 nitrogen and oxygen atoms in total. The Morgan fingerprint density at radius 2 is 2.00 bits per heavy atom. The lowest BCUT2D eigenvalue weighted by Gasteiger charge is -2.13. The van der Waals surface area contributed by atoms with Crippen LogP contribution in [0.15, 0.2) is 36.5 Å². The summed E-state index contributed by atoms with van der Waals surface area (Å²) in [6, 6.07) is 10.0. The van der Waals surface area contributed by atoms with E-state index in [4.69, 9.17) is 0 Å². The second kappa shape index (κ2) is 7.92. The van der Waals surface area contributed by atoms with E-state index in [9.17, 15) is 9.90 Å². The Labute approximate surface area is 137 Å². The number of benzene rings is 1. The highest BCUT2D eigenvalue weighted by Crippen LogP contribution is 2.10. The van der Waals surface area contributed by atoms with E-state index in [1.165, 1.54) is 0 Å². The highest BCUT2D eigenvalue weighted by atomic mass is 16.3. The van der Waals surface area contributed by atoms with Gasteiger partial charge in [-0.15, -0.1) is 0 Å². The number of hydrogen-bond donors (Lipinski definition) is 2. The van der Waals surface area contributed by atoms with Crippen molar-refractivity contribution >= 4 is 5.91 Å². The number of carbonyl (C=O) groups excluding carboxylic acids is 1. The van der Waals surface area contributed by atoms with Crippen LogP contribution in [0.4, 0.5) is 0 Å². The van der Waals surface area contributed by atoms with Gasteiger partial charge >= 0.3 is 0 Å². The van der Waals surface area contributed by atoms with E-state index in [2.05, 4.69) is 10.4 Å². The molecule has 2 N–H and O–H groups in total. The summed E-state index contributed by atoms with van der Waals surface area (Å²) in [5.74, 6) is 0.210. The Kier molecular flexibility index (Phi) is 5.93. The van der Waals surface area contributed by atoms with Crippen molar-refractivity contribution < 1.29 is 9.90 Å². The molecule has 0 saturated carbocycles. The molecule has 1 unspecified atom stereocenters. The van der Waals surface area contributed by atoms with Crippen LogP contribution in [0.1, 0.15) is 41.9 Å². The van der Waals surface area contributed by atoms with Crippen LogP contribution in [0.3, 0.4) is 0 Å². The summed E-state index contributed by atoms with van der Waals surface area (Å²) in [5.41, 5.74) is 2.51. The van der Waals surface area contributed by atoms with Crippen molar-refractivity contribution in [2.75, 3.05) is 6.54 Å². The van der Waals surface area contributed by atoms with Gasteiger partial charge in [0.1, 0.15) is 0 Å². The molecule has 5 heteroatoms. The zero-order valence-electron chi connectivity index (χ0n) is 14.0. The summed E-state index contributed by atoms with van der Waals surface area (Å²) in [6.45, 7) is 6.87. The Balaban J connectivity index is 1.97. The maximum absolute atomic E-state index is 12.2. The van der Waals surface area contributed by atoms with Crippen molar-refractivity contribution in [3.8, 4) is 0 Å². The van der Waals surface area contributed by atoms with Crippen LogP contribution in [0, 0.1) is 12.8 Å². The Morgan fingerprint density at radius 1 is 1.30 bits per heavy atom. The molecular formula is C18H25N3O2. The first kappa shape index (κ1) is 17.2. The standard InChI is InChI=1S/C18H25N3O2/c1-13(2)9-16(22)10-19-18(23)17-11-20-21(14(17)3)12-15-7-5-4-6-8-15/h4-8,11,13,16,22H,9-10,12H2,1-3H3,(H,19,23). The fourth-order valence-electron chi connectivity index (χ4n) is 2.52. The predicted octanol–water partition coefficient (Wildman–Crippen LogP) is 2.38. The van der Waals surface area contributed by atoms with Crippen molar-refractivity contribution in [3.63, 3.8) is 0 Å². The van der Waals surface area contributed by atoms with E-state index < -0.39 is 6.10 Å². The molecule has 23 heavy (non-hydrogen) atoms. The van der Waals surface area contributed by atoms with Gasteiger partial charge < -0.3 is 10.4 Å². The number of aliphatic hydroxyl groups is 1. The lowest BCUT2D eigenvalue weighted by atomic mass is 10.1. The van der Waals surface area contributed by atoms with Crippen LogP contribution in [-0.4, -0.2) is 33.4 Å². The lowest BCUT2D eigenvalue weighted by Crippen LogP contribution is -2.33. The number of aliphatic hydroxyl groups excluding tert-OH is 1. The molecule has 1 amide bonds. The number of carbonyl (C=O) groups is 1. The van der Waals surface area contributed by atoms with E-state index in [-0.39, 0.29) is 12.5 Å². The Morgan fingerprint density at radius 3 is 2.65 bits per heavy atom. The van der Waals surface area contributed by atoms with Crippen molar-refractivity contribution in [2.24, 2.45) is 5.92 Å². The van der Waals surface area contributed by atoms with Gasteiger partial charge in [-0.05, 0) is 24.8 Å². The van der Waals surface area contributed by atoms with Gasteiger partial charge in [0, 0.05) is 12.2 Å². The first-order valence-corrected chi connectivity index (χ1v) is 8.00. The molecule has 1 heterocycles. The maximum Gasteiger partial charge on any atom is 0.254 e. The van der Waals surface area contributed by atoms with Gasteiger partial charge in [-0.25, -0.2) is 0 Å². The quantitative estimate of drug-likeness (QED) is 0.824. The predicted molar refractivity (Wildman–Crippen MR) is 90.3 cm³/mol. The summed E-state index contributed by atoms with van der Waals surface area (Å²) in [5, 5.41) is 16.9. The first-order chi connectivity index (χ1) is 11.0. The van der Waals surface area contributed by atoms with E-state index >= 15 is 0 Å². The van der Waals surface area contributed by atoms with Gasteiger partial charge in [0.25, 0.3) is 5.91 Å². The lowest BCUT2D eigenvalue weighted by molar-refractivity contribution is 0.0899. The second-order valence-electron chi connectivity index (χ2n) is 6.28. The molecule has 0 radical (unpaired) electrons. The summed E-state index contributed by atoms with van der Waals surface area (Å²) in [7, 11) is 0. The van der Waals surface area contributed by atoms with Gasteiger partial charge in [0.15, 0.2) is 0 Å². The topological polar surface area (TPSA) is 67.2 Å². The minimum absolute atomic E-state index is 0.190. The normalized spacial score (nSPS) is 12.4. The molecule has 0 aliphatic heterocycles. The number of nitrogens with zero attached hydrogens (tertiary/aromatic N) is 2. The smallest absolute Gasteiger partial charge is 0.254 e. The van der Waals surface area contributed by atoms with Crippen LogP contribution < -0.4 is 5.32 Å².